The Morgan fingerprint density at radius 2 is 1.48 bits per heavy atom. The van der Waals surface area contributed by atoms with Crippen molar-refractivity contribution in [2.24, 2.45) is 0 Å². The van der Waals surface area contributed by atoms with Crippen LogP contribution in [0.15, 0.2) is 30.3 Å². The third-order valence-corrected chi connectivity index (χ3v) is 2.65. The predicted octanol–water partition coefficient (Wildman–Crippen LogP) is 4.83. The monoisotopic (exact) mass is 326 g/mol. The van der Waals surface area contributed by atoms with Crippen LogP contribution in [-0.4, -0.2) is 9.97 Å². The Kier molecular flexibility index (Phi) is 3.83. The molecule has 0 spiro atoms. The Balaban J connectivity index is 2.66. The molecule has 1 aromatic heterocycles. The van der Waals surface area contributed by atoms with Crippen LogP contribution in [0.2, 0.25) is 5.15 Å². The zero-order valence-electron chi connectivity index (χ0n) is 9.93. The highest BCUT2D eigenvalue weighted by Gasteiger charge is 2.36. The largest absolute Gasteiger partial charge is 0.433 e. The van der Waals surface area contributed by atoms with E-state index >= 15 is 0 Å². The third kappa shape index (κ3) is 3.44. The molecule has 0 aliphatic heterocycles. The summed E-state index contributed by atoms with van der Waals surface area (Å²) in [5, 5.41) is -0.593. The van der Waals surface area contributed by atoms with Gasteiger partial charge in [0.05, 0.1) is 5.56 Å². The molecule has 0 unspecified atom stereocenters. The molecule has 0 amide bonds. The summed E-state index contributed by atoms with van der Waals surface area (Å²) in [4.78, 5) is 6.57. The van der Waals surface area contributed by atoms with Gasteiger partial charge in [-0.3, -0.25) is 0 Å². The number of nitrogens with zero attached hydrogens (tertiary/aromatic N) is 2. The maximum atomic E-state index is 12.9. The Bertz CT molecular complexity index is 666. The van der Waals surface area contributed by atoms with Gasteiger partial charge in [-0.15, -0.1) is 0 Å². The van der Waals surface area contributed by atoms with Gasteiger partial charge in [0, 0.05) is 11.6 Å². The molecule has 0 aliphatic rings. The highest BCUT2D eigenvalue weighted by Crippen LogP contribution is 2.37. The van der Waals surface area contributed by atoms with E-state index in [0.717, 1.165) is 18.2 Å². The van der Waals surface area contributed by atoms with Crippen molar-refractivity contribution in [1.29, 1.82) is 0 Å². The predicted molar refractivity (Wildman–Crippen MR) is 62.5 cm³/mol. The lowest BCUT2D eigenvalue weighted by atomic mass is 10.1. The molecule has 0 fully saturated rings. The van der Waals surface area contributed by atoms with Crippen molar-refractivity contribution in [1.82, 2.24) is 9.97 Å². The number of alkyl halides is 6. The molecule has 2 rings (SSSR count). The first-order chi connectivity index (χ1) is 9.59. The van der Waals surface area contributed by atoms with Crippen LogP contribution in [0.1, 0.15) is 11.3 Å². The number of hydrogen-bond acceptors (Lipinski definition) is 2. The Hall–Kier alpha value is -1.83. The number of aromatic nitrogens is 2. The van der Waals surface area contributed by atoms with Crippen molar-refractivity contribution in [3.8, 4) is 11.4 Å². The first-order valence-electron chi connectivity index (χ1n) is 5.37. The van der Waals surface area contributed by atoms with Crippen molar-refractivity contribution in [3.63, 3.8) is 0 Å². The van der Waals surface area contributed by atoms with Gasteiger partial charge in [0.1, 0.15) is 10.8 Å². The van der Waals surface area contributed by atoms with Crippen molar-refractivity contribution >= 4 is 11.6 Å². The third-order valence-electron chi connectivity index (χ3n) is 2.46. The van der Waals surface area contributed by atoms with E-state index in [1.54, 1.807) is 0 Å². The molecule has 112 valence electrons. The summed E-state index contributed by atoms with van der Waals surface area (Å²) in [6.07, 6.45) is -9.59. The lowest BCUT2D eigenvalue weighted by Gasteiger charge is -2.13. The zero-order valence-corrected chi connectivity index (χ0v) is 10.7. The van der Waals surface area contributed by atoms with Crippen molar-refractivity contribution < 1.29 is 26.3 Å². The molecule has 9 heteroatoms. The molecule has 1 heterocycles. The second-order valence-electron chi connectivity index (χ2n) is 3.94. The molecule has 0 aliphatic carbocycles. The van der Waals surface area contributed by atoms with Crippen LogP contribution in [0.25, 0.3) is 11.4 Å². The Morgan fingerprint density at radius 3 is 2.05 bits per heavy atom. The van der Waals surface area contributed by atoms with Crippen LogP contribution < -0.4 is 0 Å². The van der Waals surface area contributed by atoms with E-state index in [1.807, 2.05) is 0 Å². The van der Waals surface area contributed by atoms with E-state index < -0.39 is 40.2 Å². The standard InChI is InChI=1S/C12H5ClF6N2/c13-9-5-8(12(17,18)19)20-10(21-9)6-3-1-2-4-7(6)11(14,15)16/h1-5H. The van der Waals surface area contributed by atoms with Crippen LogP contribution in [-0.2, 0) is 12.4 Å². The first kappa shape index (κ1) is 15.6. The van der Waals surface area contributed by atoms with Crippen LogP contribution in [0.3, 0.4) is 0 Å². The van der Waals surface area contributed by atoms with Gasteiger partial charge in [-0.1, -0.05) is 29.8 Å². The van der Waals surface area contributed by atoms with E-state index in [1.165, 1.54) is 6.07 Å². The van der Waals surface area contributed by atoms with Gasteiger partial charge in [0.25, 0.3) is 0 Å². The van der Waals surface area contributed by atoms with Gasteiger partial charge in [0.2, 0.25) is 0 Å². The summed E-state index contributed by atoms with van der Waals surface area (Å²) in [5.41, 5.74) is -3.12. The molecule has 0 bridgehead atoms. The van der Waals surface area contributed by atoms with E-state index in [2.05, 4.69) is 9.97 Å². The zero-order chi connectivity index (χ0) is 15.8. The number of benzene rings is 1. The number of halogens is 7. The highest BCUT2D eigenvalue weighted by molar-refractivity contribution is 6.29. The summed E-state index contributed by atoms with van der Waals surface area (Å²) in [6.45, 7) is 0. The molecule has 0 saturated heterocycles. The molecule has 21 heavy (non-hydrogen) atoms. The molecule has 2 nitrogen and oxygen atoms in total. The smallest absolute Gasteiger partial charge is 0.223 e. The molecule has 0 radical (unpaired) electrons. The molecule has 0 atom stereocenters. The summed E-state index contributed by atoms with van der Waals surface area (Å²) in [7, 11) is 0. The lowest BCUT2D eigenvalue weighted by Crippen LogP contribution is -2.12. The Morgan fingerprint density at radius 1 is 0.857 bits per heavy atom. The highest BCUT2D eigenvalue weighted by atomic mass is 35.5. The van der Waals surface area contributed by atoms with Crippen LogP contribution in [0, 0.1) is 0 Å². The lowest BCUT2D eigenvalue weighted by molar-refractivity contribution is -0.141. The quantitative estimate of drug-likeness (QED) is 0.554. The maximum absolute atomic E-state index is 12.9. The van der Waals surface area contributed by atoms with E-state index in [-0.39, 0.29) is 0 Å². The fourth-order valence-corrected chi connectivity index (χ4v) is 1.79. The molecule has 2 aromatic rings. The summed E-state index contributed by atoms with van der Waals surface area (Å²) >= 11 is 5.44. The van der Waals surface area contributed by atoms with Crippen molar-refractivity contribution in [2.45, 2.75) is 12.4 Å². The molecule has 0 N–H and O–H groups in total. The van der Waals surface area contributed by atoms with Crippen LogP contribution in [0.5, 0.6) is 0 Å². The van der Waals surface area contributed by atoms with Gasteiger partial charge < -0.3 is 0 Å². The minimum atomic E-state index is -4.84. The van der Waals surface area contributed by atoms with Crippen LogP contribution >= 0.6 is 11.6 Å². The summed E-state index contributed by atoms with van der Waals surface area (Å²) in [5.74, 6) is -0.734. The second-order valence-corrected chi connectivity index (χ2v) is 4.33. The van der Waals surface area contributed by atoms with Crippen molar-refractivity contribution in [3.05, 3.63) is 46.7 Å². The molecule has 1 aromatic carbocycles. The Labute approximate surface area is 119 Å². The van der Waals surface area contributed by atoms with Gasteiger partial charge in [-0.05, 0) is 6.07 Å². The second kappa shape index (κ2) is 5.18. The minimum absolute atomic E-state index is 0.446. The van der Waals surface area contributed by atoms with Gasteiger partial charge in [0.15, 0.2) is 5.82 Å². The summed E-state index contributed by atoms with van der Waals surface area (Å²) in [6, 6.07) is 4.51. The molecule has 0 saturated carbocycles. The van der Waals surface area contributed by atoms with E-state index in [4.69, 9.17) is 11.6 Å². The topological polar surface area (TPSA) is 25.8 Å². The van der Waals surface area contributed by atoms with E-state index in [0.29, 0.717) is 6.07 Å². The minimum Gasteiger partial charge on any atom is -0.223 e. The van der Waals surface area contributed by atoms with Gasteiger partial charge in [-0.2, -0.15) is 26.3 Å². The fourth-order valence-electron chi connectivity index (χ4n) is 1.61. The number of hydrogen-bond donors (Lipinski definition) is 0. The number of rotatable bonds is 1. The van der Waals surface area contributed by atoms with E-state index in [9.17, 15) is 26.3 Å². The normalized spacial score (nSPS) is 12.5. The first-order valence-corrected chi connectivity index (χ1v) is 5.75. The average Bonchev–Trinajstić information content (AvgIpc) is 2.36. The molecular weight excluding hydrogens is 322 g/mol. The van der Waals surface area contributed by atoms with Gasteiger partial charge in [-0.25, -0.2) is 9.97 Å². The average molecular weight is 327 g/mol. The molecular formula is C12H5ClF6N2. The van der Waals surface area contributed by atoms with Crippen LogP contribution in [0.4, 0.5) is 26.3 Å². The van der Waals surface area contributed by atoms with Crippen molar-refractivity contribution in [2.75, 3.05) is 0 Å². The SMILES string of the molecule is FC(F)(F)c1cc(Cl)nc(-c2ccccc2C(F)(F)F)n1. The van der Waals surface area contributed by atoms with Gasteiger partial charge >= 0.3 is 12.4 Å². The maximum Gasteiger partial charge on any atom is 0.433 e. The fraction of sp³-hybridized carbons (Fsp3) is 0.167. The summed E-state index contributed by atoms with van der Waals surface area (Å²) < 4.78 is 76.5.